The Labute approximate surface area is 158 Å². The van der Waals surface area contributed by atoms with Gasteiger partial charge in [-0.3, -0.25) is 4.79 Å². The van der Waals surface area contributed by atoms with E-state index in [1.165, 1.54) is 12.1 Å². The number of piperidine rings is 1. The molecule has 1 amide bonds. The number of hydrogen-bond acceptors (Lipinski definition) is 4. The summed E-state index contributed by atoms with van der Waals surface area (Å²) in [5.41, 5.74) is 1.31. The van der Waals surface area contributed by atoms with Gasteiger partial charge in [-0.25, -0.2) is 4.39 Å². The molecule has 1 atom stereocenters. The predicted octanol–water partition coefficient (Wildman–Crippen LogP) is 3.66. The lowest BCUT2D eigenvalue weighted by Crippen LogP contribution is -2.43. The first-order chi connectivity index (χ1) is 13.1. The molecule has 1 saturated heterocycles. The summed E-state index contributed by atoms with van der Waals surface area (Å²) in [6.45, 7) is 1.55. The Bertz CT molecular complexity index is 773. The second-order valence-corrected chi connectivity index (χ2v) is 6.56. The van der Waals surface area contributed by atoms with E-state index in [1.54, 1.807) is 31.3 Å². The minimum atomic E-state index is -0.405. The zero-order valence-corrected chi connectivity index (χ0v) is 15.6. The maximum absolute atomic E-state index is 13.4. The molecule has 1 heterocycles. The molecule has 0 aromatic heterocycles. The van der Waals surface area contributed by atoms with E-state index in [-0.39, 0.29) is 12.0 Å². The summed E-state index contributed by atoms with van der Waals surface area (Å²) >= 11 is 0. The van der Waals surface area contributed by atoms with E-state index in [4.69, 9.17) is 14.2 Å². The summed E-state index contributed by atoms with van der Waals surface area (Å²) < 4.78 is 30.0. The topological polar surface area (TPSA) is 48.0 Å². The molecule has 1 aliphatic heterocycles. The Morgan fingerprint density at radius 3 is 2.56 bits per heavy atom. The third kappa shape index (κ3) is 4.98. The molecule has 5 nitrogen and oxygen atoms in total. The van der Waals surface area contributed by atoms with Gasteiger partial charge in [0.15, 0.2) is 0 Å². The molecular formula is C21H24FNO4. The fraction of sp³-hybridized carbons (Fsp3) is 0.381. The molecule has 27 heavy (non-hydrogen) atoms. The number of carbonyl (C=O) groups is 1. The van der Waals surface area contributed by atoms with Crippen LogP contribution in [0.25, 0.3) is 0 Å². The normalized spacial score (nSPS) is 16.9. The lowest BCUT2D eigenvalue weighted by atomic mass is 10.1. The molecule has 1 fully saturated rings. The summed E-state index contributed by atoms with van der Waals surface area (Å²) in [7, 11) is 3.22. The Morgan fingerprint density at radius 2 is 1.89 bits per heavy atom. The van der Waals surface area contributed by atoms with Crippen molar-refractivity contribution < 1.29 is 23.4 Å². The lowest BCUT2D eigenvalue weighted by Gasteiger charge is -2.32. The number of nitrogens with zero attached hydrogens (tertiary/aromatic N) is 1. The summed E-state index contributed by atoms with van der Waals surface area (Å²) in [4.78, 5) is 14.3. The number of methoxy groups -OCH3 is 2. The highest BCUT2D eigenvalue weighted by Gasteiger charge is 2.25. The van der Waals surface area contributed by atoms with Gasteiger partial charge in [0.2, 0.25) is 0 Å². The van der Waals surface area contributed by atoms with Crippen LogP contribution in [-0.4, -0.2) is 44.2 Å². The maximum atomic E-state index is 13.4. The molecule has 2 aromatic rings. The average molecular weight is 373 g/mol. The van der Waals surface area contributed by atoms with Gasteiger partial charge in [-0.2, -0.15) is 0 Å². The quantitative estimate of drug-likeness (QED) is 0.775. The largest absolute Gasteiger partial charge is 0.497 e. The third-order valence-corrected chi connectivity index (χ3v) is 4.63. The van der Waals surface area contributed by atoms with Gasteiger partial charge in [-0.05, 0) is 48.7 Å². The van der Waals surface area contributed by atoms with Crippen molar-refractivity contribution in [2.75, 3.05) is 27.3 Å². The summed E-state index contributed by atoms with van der Waals surface area (Å²) in [5.74, 6) is 0.850. The molecule has 2 aromatic carbocycles. The molecule has 3 rings (SSSR count). The van der Waals surface area contributed by atoms with Gasteiger partial charge in [0, 0.05) is 24.7 Å². The fourth-order valence-electron chi connectivity index (χ4n) is 3.23. The van der Waals surface area contributed by atoms with E-state index in [2.05, 4.69) is 0 Å². The van der Waals surface area contributed by atoms with Crippen molar-refractivity contribution >= 4 is 5.91 Å². The lowest BCUT2D eigenvalue weighted by molar-refractivity contribution is -0.00682. The van der Waals surface area contributed by atoms with E-state index in [0.29, 0.717) is 36.8 Å². The van der Waals surface area contributed by atoms with E-state index in [0.717, 1.165) is 18.4 Å². The van der Waals surface area contributed by atoms with Gasteiger partial charge in [0.1, 0.15) is 17.3 Å². The number of benzene rings is 2. The minimum Gasteiger partial charge on any atom is -0.497 e. The predicted molar refractivity (Wildman–Crippen MR) is 99.7 cm³/mol. The van der Waals surface area contributed by atoms with Crippen LogP contribution < -0.4 is 9.47 Å². The molecule has 0 bridgehead atoms. The minimum absolute atomic E-state index is 0.0616. The summed E-state index contributed by atoms with van der Waals surface area (Å²) in [6, 6.07) is 11.4. The van der Waals surface area contributed by atoms with Crippen LogP contribution in [0.2, 0.25) is 0 Å². The van der Waals surface area contributed by atoms with Crippen molar-refractivity contribution in [1.82, 2.24) is 4.90 Å². The van der Waals surface area contributed by atoms with E-state index >= 15 is 0 Å². The monoisotopic (exact) mass is 373 g/mol. The molecule has 0 N–H and O–H groups in total. The van der Waals surface area contributed by atoms with Crippen molar-refractivity contribution in [1.29, 1.82) is 0 Å². The Morgan fingerprint density at radius 1 is 1.15 bits per heavy atom. The van der Waals surface area contributed by atoms with Crippen molar-refractivity contribution in [2.24, 2.45) is 0 Å². The van der Waals surface area contributed by atoms with E-state index in [1.807, 2.05) is 18.2 Å². The van der Waals surface area contributed by atoms with Gasteiger partial charge < -0.3 is 19.1 Å². The third-order valence-electron chi connectivity index (χ3n) is 4.63. The molecule has 0 radical (unpaired) electrons. The van der Waals surface area contributed by atoms with Crippen LogP contribution in [0.5, 0.6) is 11.5 Å². The van der Waals surface area contributed by atoms with Crippen molar-refractivity contribution in [3.8, 4) is 11.5 Å². The first-order valence-electron chi connectivity index (χ1n) is 8.97. The fourth-order valence-corrected chi connectivity index (χ4v) is 3.23. The van der Waals surface area contributed by atoms with Gasteiger partial charge in [0.25, 0.3) is 5.91 Å². The Balaban J connectivity index is 1.61. The molecule has 1 aliphatic rings. The number of likely N-dealkylation sites (tertiary alicyclic amines) is 1. The van der Waals surface area contributed by atoms with Crippen molar-refractivity contribution in [2.45, 2.75) is 25.6 Å². The summed E-state index contributed by atoms with van der Waals surface area (Å²) in [5, 5.41) is 0. The number of carbonyl (C=O) groups excluding carboxylic acids is 1. The van der Waals surface area contributed by atoms with E-state index in [9.17, 15) is 9.18 Å². The molecular weight excluding hydrogens is 349 g/mol. The molecule has 0 aliphatic carbocycles. The zero-order chi connectivity index (χ0) is 19.2. The number of rotatable bonds is 6. The smallest absolute Gasteiger partial charge is 0.254 e. The molecule has 6 heteroatoms. The van der Waals surface area contributed by atoms with Gasteiger partial charge in [-0.1, -0.05) is 6.07 Å². The Hall–Kier alpha value is -2.60. The van der Waals surface area contributed by atoms with Crippen LogP contribution in [0.1, 0.15) is 28.8 Å². The van der Waals surface area contributed by atoms with Crippen LogP contribution in [0.4, 0.5) is 4.39 Å². The molecule has 1 unspecified atom stereocenters. The standard InChI is InChI=1S/C21H24FNO4/c1-25-19-9-15(10-20(12-19)26-2)14-27-18-7-4-8-23(13-18)21(24)16-5-3-6-17(22)11-16/h3,5-6,9-12,18H,4,7-8,13-14H2,1-2H3. The number of hydrogen-bond donors (Lipinski definition) is 0. The van der Waals surface area contributed by atoms with Crippen LogP contribution in [0, 0.1) is 5.82 Å². The van der Waals surface area contributed by atoms with Crippen molar-refractivity contribution in [3.05, 3.63) is 59.4 Å². The highest BCUT2D eigenvalue weighted by atomic mass is 19.1. The molecule has 144 valence electrons. The second-order valence-electron chi connectivity index (χ2n) is 6.56. The molecule has 0 spiro atoms. The van der Waals surface area contributed by atoms with Gasteiger partial charge in [0.05, 0.1) is 26.9 Å². The van der Waals surface area contributed by atoms with Crippen LogP contribution >= 0.6 is 0 Å². The number of halogens is 1. The van der Waals surface area contributed by atoms with Gasteiger partial charge in [-0.15, -0.1) is 0 Å². The second kappa shape index (κ2) is 8.86. The van der Waals surface area contributed by atoms with Crippen molar-refractivity contribution in [3.63, 3.8) is 0 Å². The number of amides is 1. The highest BCUT2D eigenvalue weighted by Crippen LogP contribution is 2.24. The maximum Gasteiger partial charge on any atom is 0.254 e. The average Bonchev–Trinajstić information content (AvgIpc) is 2.71. The first kappa shape index (κ1) is 19.2. The summed E-state index contributed by atoms with van der Waals surface area (Å²) in [6.07, 6.45) is 1.68. The zero-order valence-electron chi connectivity index (χ0n) is 15.6. The molecule has 0 saturated carbocycles. The Kier molecular flexibility index (Phi) is 6.29. The highest BCUT2D eigenvalue weighted by molar-refractivity contribution is 5.94. The first-order valence-corrected chi connectivity index (χ1v) is 8.97. The van der Waals surface area contributed by atoms with Crippen LogP contribution in [0.15, 0.2) is 42.5 Å². The van der Waals surface area contributed by atoms with Crippen LogP contribution in [-0.2, 0) is 11.3 Å². The van der Waals surface area contributed by atoms with Gasteiger partial charge >= 0.3 is 0 Å². The number of ether oxygens (including phenoxy) is 3. The van der Waals surface area contributed by atoms with Crippen LogP contribution in [0.3, 0.4) is 0 Å². The SMILES string of the molecule is COc1cc(COC2CCCN(C(=O)c3cccc(F)c3)C2)cc(OC)c1. The van der Waals surface area contributed by atoms with E-state index < -0.39 is 5.82 Å².